The van der Waals surface area contributed by atoms with E-state index in [9.17, 15) is 5.11 Å². The molecule has 2 rings (SSSR count). The SMILES string of the molecule is COc1cc(CNc2cc(C)cc(Br)c2)cc(Br)c1O. The number of hydrogen-bond acceptors (Lipinski definition) is 3. The number of nitrogens with one attached hydrogen (secondary N) is 1. The molecule has 0 saturated heterocycles. The van der Waals surface area contributed by atoms with E-state index in [2.05, 4.69) is 56.2 Å². The Balaban J connectivity index is 2.16. The first-order chi connectivity index (χ1) is 9.49. The largest absolute Gasteiger partial charge is 0.503 e. The summed E-state index contributed by atoms with van der Waals surface area (Å²) >= 11 is 6.80. The van der Waals surface area contributed by atoms with E-state index in [0.717, 1.165) is 15.7 Å². The van der Waals surface area contributed by atoms with Gasteiger partial charge in [0, 0.05) is 16.7 Å². The van der Waals surface area contributed by atoms with Crippen molar-refractivity contribution in [2.45, 2.75) is 13.5 Å². The fraction of sp³-hybridized carbons (Fsp3) is 0.200. The Bertz CT molecular complexity index is 609. The number of ether oxygens (including phenoxy) is 1. The van der Waals surface area contributed by atoms with Crippen molar-refractivity contribution in [3.8, 4) is 11.5 Å². The van der Waals surface area contributed by atoms with Gasteiger partial charge in [0.1, 0.15) is 0 Å². The fourth-order valence-corrected chi connectivity index (χ4v) is 3.02. The van der Waals surface area contributed by atoms with Gasteiger partial charge >= 0.3 is 0 Å². The van der Waals surface area contributed by atoms with E-state index in [1.54, 1.807) is 0 Å². The van der Waals surface area contributed by atoms with Crippen molar-refractivity contribution in [2.24, 2.45) is 0 Å². The van der Waals surface area contributed by atoms with Crippen LogP contribution in [0.25, 0.3) is 0 Å². The van der Waals surface area contributed by atoms with Crippen molar-refractivity contribution in [1.29, 1.82) is 0 Å². The van der Waals surface area contributed by atoms with Crippen LogP contribution in [0.5, 0.6) is 11.5 Å². The third kappa shape index (κ3) is 3.67. The molecule has 0 atom stereocenters. The van der Waals surface area contributed by atoms with Crippen LogP contribution in [0.2, 0.25) is 0 Å². The zero-order chi connectivity index (χ0) is 14.7. The smallest absolute Gasteiger partial charge is 0.172 e. The number of aryl methyl sites for hydroxylation is 1. The molecule has 2 aromatic rings. The standard InChI is InChI=1S/C15H15Br2NO2/c1-9-3-11(16)7-12(4-9)18-8-10-5-13(17)15(19)14(6-10)20-2/h3-7,18-19H,8H2,1-2H3. The minimum absolute atomic E-state index is 0.120. The Morgan fingerprint density at radius 3 is 2.55 bits per heavy atom. The number of phenolic OH excluding ortho intramolecular Hbond substituents is 1. The molecule has 0 heterocycles. The van der Waals surface area contributed by atoms with Crippen molar-refractivity contribution < 1.29 is 9.84 Å². The van der Waals surface area contributed by atoms with E-state index in [1.807, 2.05) is 18.2 Å². The molecule has 5 heteroatoms. The van der Waals surface area contributed by atoms with Gasteiger partial charge in [0.05, 0.1) is 11.6 Å². The molecule has 0 aliphatic carbocycles. The van der Waals surface area contributed by atoms with E-state index >= 15 is 0 Å². The van der Waals surface area contributed by atoms with Crippen molar-refractivity contribution >= 4 is 37.5 Å². The summed E-state index contributed by atoms with van der Waals surface area (Å²) in [5, 5.41) is 13.1. The third-order valence-electron chi connectivity index (χ3n) is 2.85. The van der Waals surface area contributed by atoms with Gasteiger partial charge in [0.2, 0.25) is 0 Å². The minimum atomic E-state index is 0.120. The Morgan fingerprint density at radius 2 is 1.90 bits per heavy atom. The molecule has 0 spiro atoms. The lowest BCUT2D eigenvalue weighted by Gasteiger charge is -2.11. The number of halogens is 2. The summed E-state index contributed by atoms with van der Waals surface area (Å²) in [5.74, 6) is 0.580. The van der Waals surface area contributed by atoms with Crippen LogP contribution in [0.1, 0.15) is 11.1 Å². The van der Waals surface area contributed by atoms with Crippen LogP contribution in [0.15, 0.2) is 39.3 Å². The van der Waals surface area contributed by atoms with Crippen LogP contribution in [-0.2, 0) is 6.54 Å². The molecule has 0 saturated carbocycles. The van der Waals surface area contributed by atoms with E-state index in [-0.39, 0.29) is 5.75 Å². The third-order valence-corrected chi connectivity index (χ3v) is 3.91. The van der Waals surface area contributed by atoms with Gasteiger partial charge in [-0.05, 0) is 64.3 Å². The Morgan fingerprint density at radius 1 is 1.15 bits per heavy atom. The van der Waals surface area contributed by atoms with Crippen molar-refractivity contribution in [2.75, 3.05) is 12.4 Å². The Hall–Kier alpha value is -1.20. The number of hydrogen-bond donors (Lipinski definition) is 2. The molecule has 0 bridgehead atoms. The maximum Gasteiger partial charge on any atom is 0.172 e. The van der Waals surface area contributed by atoms with Gasteiger partial charge < -0.3 is 15.2 Å². The summed E-state index contributed by atoms with van der Waals surface area (Å²) < 4.78 is 6.81. The summed E-state index contributed by atoms with van der Waals surface area (Å²) in [6, 6.07) is 9.86. The zero-order valence-electron chi connectivity index (χ0n) is 11.2. The lowest BCUT2D eigenvalue weighted by atomic mass is 10.2. The van der Waals surface area contributed by atoms with Crippen LogP contribution < -0.4 is 10.1 Å². The quantitative estimate of drug-likeness (QED) is 0.770. The number of anilines is 1. The molecular formula is C15H15Br2NO2. The van der Waals surface area contributed by atoms with Gasteiger partial charge in [0.25, 0.3) is 0 Å². The highest BCUT2D eigenvalue weighted by molar-refractivity contribution is 9.10. The van der Waals surface area contributed by atoms with Gasteiger partial charge in [-0.25, -0.2) is 0 Å². The average molecular weight is 401 g/mol. The monoisotopic (exact) mass is 399 g/mol. The topological polar surface area (TPSA) is 41.5 Å². The zero-order valence-corrected chi connectivity index (χ0v) is 14.4. The second kappa shape index (κ2) is 6.50. The first-order valence-corrected chi connectivity index (χ1v) is 7.64. The molecule has 2 aromatic carbocycles. The summed E-state index contributed by atoms with van der Waals surface area (Å²) in [6.45, 7) is 2.70. The van der Waals surface area contributed by atoms with Gasteiger partial charge in [0.15, 0.2) is 11.5 Å². The van der Waals surface area contributed by atoms with Crippen LogP contribution in [-0.4, -0.2) is 12.2 Å². The van der Waals surface area contributed by atoms with Gasteiger partial charge in [-0.15, -0.1) is 0 Å². The minimum Gasteiger partial charge on any atom is -0.503 e. The molecule has 106 valence electrons. The van der Waals surface area contributed by atoms with E-state index in [0.29, 0.717) is 16.8 Å². The highest BCUT2D eigenvalue weighted by Gasteiger charge is 2.08. The van der Waals surface area contributed by atoms with Crippen LogP contribution in [0.4, 0.5) is 5.69 Å². The lowest BCUT2D eigenvalue weighted by Crippen LogP contribution is -2.00. The summed E-state index contributed by atoms with van der Waals surface area (Å²) in [7, 11) is 1.54. The van der Waals surface area contributed by atoms with E-state index in [4.69, 9.17) is 4.74 Å². The van der Waals surface area contributed by atoms with Crippen LogP contribution >= 0.6 is 31.9 Å². The number of rotatable bonds is 4. The van der Waals surface area contributed by atoms with Crippen molar-refractivity contribution in [3.63, 3.8) is 0 Å². The predicted octanol–water partition coefficient (Wildman–Crippen LogP) is 4.85. The van der Waals surface area contributed by atoms with E-state index < -0.39 is 0 Å². The van der Waals surface area contributed by atoms with Gasteiger partial charge in [-0.3, -0.25) is 0 Å². The molecule has 20 heavy (non-hydrogen) atoms. The first-order valence-electron chi connectivity index (χ1n) is 6.06. The van der Waals surface area contributed by atoms with Crippen molar-refractivity contribution in [1.82, 2.24) is 0 Å². The fourth-order valence-electron chi connectivity index (χ4n) is 1.93. The average Bonchev–Trinajstić information content (AvgIpc) is 2.39. The molecule has 3 nitrogen and oxygen atoms in total. The maximum absolute atomic E-state index is 9.78. The molecular weight excluding hydrogens is 386 g/mol. The second-order valence-electron chi connectivity index (χ2n) is 4.50. The molecule has 0 aliphatic heterocycles. The predicted molar refractivity (Wildman–Crippen MR) is 88.6 cm³/mol. The molecule has 0 aliphatic rings. The number of aromatic hydroxyl groups is 1. The number of phenols is 1. The first kappa shape index (κ1) is 15.2. The van der Waals surface area contributed by atoms with Gasteiger partial charge in [-0.2, -0.15) is 0 Å². The highest BCUT2D eigenvalue weighted by Crippen LogP contribution is 2.35. The van der Waals surface area contributed by atoms with Crippen LogP contribution in [0.3, 0.4) is 0 Å². The van der Waals surface area contributed by atoms with Crippen LogP contribution in [0, 0.1) is 6.92 Å². The maximum atomic E-state index is 9.78. The van der Waals surface area contributed by atoms with Crippen molar-refractivity contribution in [3.05, 3.63) is 50.4 Å². The summed E-state index contributed by atoms with van der Waals surface area (Å²) in [5.41, 5.74) is 3.25. The molecule has 0 radical (unpaired) electrons. The second-order valence-corrected chi connectivity index (χ2v) is 6.27. The molecule has 0 aromatic heterocycles. The van der Waals surface area contributed by atoms with Gasteiger partial charge in [-0.1, -0.05) is 15.9 Å². The lowest BCUT2D eigenvalue weighted by molar-refractivity contribution is 0.371. The number of benzene rings is 2. The Kier molecular flexibility index (Phi) is 4.94. The molecule has 0 unspecified atom stereocenters. The summed E-state index contributed by atoms with van der Waals surface area (Å²) in [6.07, 6.45) is 0. The molecule has 0 fully saturated rings. The molecule has 2 N–H and O–H groups in total. The molecule has 0 amide bonds. The summed E-state index contributed by atoms with van der Waals surface area (Å²) in [4.78, 5) is 0. The Labute approximate surface area is 135 Å². The van der Waals surface area contributed by atoms with E-state index in [1.165, 1.54) is 12.7 Å². The highest BCUT2D eigenvalue weighted by atomic mass is 79.9. The normalized spacial score (nSPS) is 10.4. The number of methoxy groups -OCH3 is 1.